The van der Waals surface area contributed by atoms with Crippen LogP contribution in [0.25, 0.3) is 0 Å². The molecule has 0 saturated heterocycles. The molecule has 1 aliphatic heterocycles. The second kappa shape index (κ2) is 5.92. The van der Waals surface area contributed by atoms with E-state index in [-0.39, 0.29) is 11.9 Å². The van der Waals surface area contributed by atoms with E-state index in [1.165, 1.54) is 10.5 Å². The molecular formula is C17H18N2OS. The average molecular weight is 298 g/mol. The first-order valence-electron chi connectivity index (χ1n) is 7.10. The first-order valence-corrected chi connectivity index (χ1v) is 7.91. The van der Waals surface area contributed by atoms with Crippen LogP contribution in [0, 0.1) is 6.92 Å². The van der Waals surface area contributed by atoms with Crippen molar-refractivity contribution in [2.24, 2.45) is 0 Å². The maximum Gasteiger partial charge on any atom is 0.246 e. The largest absolute Gasteiger partial charge is 0.324 e. The highest BCUT2D eigenvalue weighted by atomic mass is 32.2. The molecule has 1 unspecified atom stereocenters. The summed E-state index contributed by atoms with van der Waals surface area (Å²) in [4.78, 5) is 14.3. The van der Waals surface area contributed by atoms with Crippen LogP contribution in [0.5, 0.6) is 0 Å². The Bertz CT molecular complexity index is 667. The number of anilines is 1. The van der Waals surface area contributed by atoms with Gasteiger partial charge in [0.25, 0.3) is 0 Å². The van der Waals surface area contributed by atoms with Gasteiger partial charge in [0.15, 0.2) is 0 Å². The Morgan fingerprint density at radius 1 is 1.14 bits per heavy atom. The van der Waals surface area contributed by atoms with Gasteiger partial charge >= 0.3 is 0 Å². The van der Waals surface area contributed by atoms with E-state index >= 15 is 0 Å². The van der Waals surface area contributed by atoms with Gasteiger partial charge < -0.3 is 10.6 Å². The summed E-state index contributed by atoms with van der Waals surface area (Å²) in [6, 6.07) is 14.4. The molecule has 3 rings (SSSR count). The molecule has 2 aromatic carbocycles. The molecule has 108 valence electrons. The summed E-state index contributed by atoms with van der Waals surface area (Å²) in [5.74, 6) is 0.0318. The van der Waals surface area contributed by atoms with Crippen LogP contribution in [0.15, 0.2) is 52.3 Å². The Hall–Kier alpha value is -1.78. The van der Waals surface area contributed by atoms with E-state index in [1.54, 1.807) is 11.8 Å². The van der Waals surface area contributed by atoms with Gasteiger partial charge in [-0.05, 0) is 37.7 Å². The number of hydrogen-bond donors (Lipinski definition) is 2. The molecule has 0 saturated carbocycles. The topological polar surface area (TPSA) is 41.1 Å². The minimum Gasteiger partial charge on any atom is -0.324 e. The molecule has 4 heteroatoms. The fourth-order valence-corrected chi connectivity index (χ4v) is 3.31. The van der Waals surface area contributed by atoms with Gasteiger partial charge in [0.2, 0.25) is 5.91 Å². The van der Waals surface area contributed by atoms with Gasteiger partial charge in [-0.1, -0.05) is 42.4 Å². The lowest BCUT2D eigenvalue weighted by molar-refractivity contribution is -0.117. The molecule has 21 heavy (non-hydrogen) atoms. The van der Waals surface area contributed by atoms with Gasteiger partial charge in [-0.3, -0.25) is 4.79 Å². The molecule has 0 bridgehead atoms. The van der Waals surface area contributed by atoms with Gasteiger partial charge in [0.1, 0.15) is 6.04 Å². The Labute approximate surface area is 129 Å². The molecular weight excluding hydrogens is 280 g/mol. The van der Waals surface area contributed by atoms with Crippen molar-refractivity contribution in [1.29, 1.82) is 0 Å². The summed E-state index contributed by atoms with van der Waals surface area (Å²) in [7, 11) is 0. The number of carbonyl (C=O) groups excluding carboxylic acids is 1. The molecule has 1 aliphatic rings. The van der Waals surface area contributed by atoms with Crippen molar-refractivity contribution >= 4 is 23.4 Å². The normalized spacial score (nSPS) is 16.7. The van der Waals surface area contributed by atoms with E-state index in [0.29, 0.717) is 0 Å². The number of carbonyl (C=O) groups is 1. The maximum absolute atomic E-state index is 11.9. The lowest BCUT2D eigenvalue weighted by atomic mass is 10.1. The highest BCUT2D eigenvalue weighted by Crippen LogP contribution is 2.36. The summed E-state index contributed by atoms with van der Waals surface area (Å²) in [6.07, 6.45) is 0. The third-order valence-corrected chi connectivity index (χ3v) is 4.52. The lowest BCUT2D eigenvalue weighted by Gasteiger charge is -2.09. The number of rotatable bonds is 4. The zero-order chi connectivity index (χ0) is 14.8. The monoisotopic (exact) mass is 298 g/mol. The van der Waals surface area contributed by atoms with Crippen molar-refractivity contribution < 1.29 is 4.79 Å². The predicted octanol–water partition coefficient (Wildman–Crippen LogP) is 3.75. The standard InChI is InChI=1S/C17H18N2OS/c1-3-18-16-14-9-8-13(10-15(14)19-17(16)20)21-12-6-4-11(2)5-7-12/h4-10,16,18H,3H2,1-2H3,(H,19,20). The SMILES string of the molecule is CCNC1C(=O)Nc2cc(Sc3ccc(C)cc3)ccc21. The van der Waals surface area contributed by atoms with Crippen LogP contribution < -0.4 is 10.6 Å². The van der Waals surface area contributed by atoms with Crippen LogP contribution in [-0.2, 0) is 4.79 Å². The van der Waals surface area contributed by atoms with E-state index in [1.807, 2.05) is 13.0 Å². The Morgan fingerprint density at radius 3 is 2.57 bits per heavy atom. The van der Waals surface area contributed by atoms with Crippen molar-refractivity contribution in [2.75, 3.05) is 11.9 Å². The van der Waals surface area contributed by atoms with Crippen molar-refractivity contribution in [3.63, 3.8) is 0 Å². The van der Waals surface area contributed by atoms with Crippen molar-refractivity contribution in [2.45, 2.75) is 29.7 Å². The van der Waals surface area contributed by atoms with Gasteiger partial charge in [-0.25, -0.2) is 0 Å². The van der Waals surface area contributed by atoms with E-state index < -0.39 is 0 Å². The van der Waals surface area contributed by atoms with Gasteiger partial charge in [0.05, 0.1) is 0 Å². The summed E-state index contributed by atoms with van der Waals surface area (Å²) in [6.45, 7) is 4.87. The molecule has 0 spiro atoms. The van der Waals surface area contributed by atoms with Crippen LogP contribution in [0.4, 0.5) is 5.69 Å². The number of aryl methyl sites for hydroxylation is 1. The Balaban J connectivity index is 1.82. The number of amides is 1. The highest BCUT2D eigenvalue weighted by Gasteiger charge is 2.29. The highest BCUT2D eigenvalue weighted by molar-refractivity contribution is 7.99. The second-order valence-corrected chi connectivity index (χ2v) is 6.29. The van der Waals surface area contributed by atoms with Crippen molar-refractivity contribution in [3.05, 3.63) is 53.6 Å². The van der Waals surface area contributed by atoms with E-state index in [9.17, 15) is 4.79 Å². The summed E-state index contributed by atoms with van der Waals surface area (Å²) >= 11 is 1.71. The second-order valence-electron chi connectivity index (χ2n) is 5.14. The van der Waals surface area contributed by atoms with Gasteiger partial charge in [-0.2, -0.15) is 0 Å². The van der Waals surface area contributed by atoms with E-state index in [2.05, 4.69) is 54.0 Å². The number of hydrogen-bond acceptors (Lipinski definition) is 3. The maximum atomic E-state index is 11.9. The van der Waals surface area contributed by atoms with Gasteiger partial charge in [0, 0.05) is 21.0 Å². The minimum absolute atomic E-state index is 0.0318. The first kappa shape index (κ1) is 14.2. The molecule has 0 aliphatic carbocycles. The minimum atomic E-state index is -0.219. The fraction of sp³-hybridized carbons (Fsp3) is 0.235. The first-order chi connectivity index (χ1) is 10.2. The lowest BCUT2D eigenvalue weighted by Crippen LogP contribution is -2.27. The van der Waals surface area contributed by atoms with Crippen LogP contribution in [0.2, 0.25) is 0 Å². The predicted molar refractivity (Wildman–Crippen MR) is 86.8 cm³/mol. The molecule has 3 nitrogen and oxygen atoms in total. The molecule has 1 heterocycles. The van der Waals surface area contributed by atoms with Crippen LogP contribution in [0.1, 0.15) is 24.1 Å². The van der Waals surface area contributed by atoms with Crippen molar-refractivity contribution in [1.82, 2.24) is 5.32 Å². The van der Waals surface area contributed by atoms with Gasteiger partial charge in [-0.15, -0.1) is 0 Å². The summed E-state index contributed by atoms with van der Waals surface area (Å²) in [5.41, 5.74) is 3.22. The molecule has 1 amide bonds. The molecule has 1 atom stereocenters. The fourth-order valence-electron chi connectivity index (χ4n) is 2.45. The zero-order valence-corrected chi connectivity index (χ0v) is 13.0. The molecule has 0 radical (unpaired) electrons. The number of nitrogens with one attached hydrogen (secondary N) is 2. The molecule has 2 aromatic rings. The number of fused-ring (bicyclic) bond motifs is 1. The Morgan fingerprint density at radius 2 is 1.86 bits per heavy atom. The molecule has 0 aromatic heterocycles. The van der Waals surface area contributed by atoms with Crippen LogP contribution in [-0.4, -0.2) is 12.5 Å². The van der Waals surface area contributed by atoms with E-state index in [0.717, 1.165) is 22.7 Å². The van der Waals surface area contributed by atoms with Crippen LogP contribution in [0.3, 0.4) is 0 Å². The third-order valence-electron chi connectivity index (χ3n) is 3.52. The number of benzene rings is 2. The summed E-state index contributed by atoms with van der Waals surface area (Å²) < 4.78 is 0. The van der Waals surface area contributed by atoms with Crippen LogP contribution >= 0.6 is 11.8 Å². The molecule has 0 fully saturated rings. The smallest absolute Gasteiger partial charge is 0.246 e. The average Bonchev–Trinajstić information content (AvgIpc) is 2.78. The zero-order valence-electron chi connectivity index (χ0n) is 12.1. The van der Waals surface area contributed by atoms with Crippen molar-refractivity contribution in [3.8, 4) is 0 Å². The summed E-state index contributed by atoms with van der Waals surface area (Å²) in [5, 5.41) is 6.16. The quantitative estimate of drug-likeness (QED) is 0.903. The number of likely N-dealkylation sites (N-methyl/N-ethyl adjacent to an activating group) is 1. The molecule has 2 N–H and O–H groups in total. The van der Waals surface area contributed by atoms with E-state index in [4.69, 9.17) is 0 Å². The third kappa shape index (κ3) is 2.96. The Kier molecular flexibility index (Phi) is 3.99.